The number of allylic oxidation sites excluding steroid dienone is 6. The van der Waals surface area contributed by atoms with Crippen molar-refractivity contribution >= 4 is 132 Å². The summed E-state index contributed by atoms with van der Waals surface area (Å²) in [5.41, 5.74) is 1.77. The fraction of sp³-hybridized carbons (Fsp3) is 0.652. The summed E-state index contributed by atoms with van der Waals surface area (Å²) < 4.78 is 42.3. The van der Waals surface area contributed by atoms with Gasteiger partial charge in [-0.2, -0.15) is 0 Å². The van der Waals surface area contributed by atoms with Gasteiger partial charge in [0.05, 0.1) is 65.6 Å². The second-order valence-electron chi connectivity index (χ2n) is 24.8. The molecule has 0 radical (unpaired) electrons. The summed E-state index contributed by atoms with van der Waals surface area (Å²) in [5.74, 6) is -11.1. The monoisotopic (exact) mass is 1610 g/mol. The van der Waals surface area contributed by atoms with E-state index in [0.717, 1.165) is 4.90 Å². The molecule has 1 saturated carbocycles. The van der Waals surface area contributed by atoms with Gasteiger partial charge in [-0.05, 0) is 175 Å². The van der Waals surface area contributed by atoms with Gasteiger partial charge in [0.1, 0.15) is 42.8 Å². The number of nitrogens with one attached hydrogen (secondary N) is 2. The minimum Gasteiger partial charge on any atom is -0.460 e. The number of amides is 3. The van der Waals surface area contributed by atoms with Gasteiger partial charge in [-0.3, -0.25) is 33.6 Å². The molecular formula is C66H92I3N3O19. The fourth-order valence-electron chi connectivity index (χ4n) is 12.1. The third kappa shape index (κ3) is 21.7. The molecule has 3 amide bonds. The molecule has 3 aliphatic heterocycles. The number of ether oxygens (including phenoxy) is 7. The summed E-state index contributed by atoms with van der Waals surface area (Å²) >= 11 is 5.87. The molecule has 0 unspecified atom stereocenters. The van der Waals surface area contributed by atoms with Gasteiger partial charge in [-0.1, -0.05) is 71.1 Å². The number of halogens is 3. The van der Waals surface area contributed by atoms with E-state index in [2.05, 4.69) is 10.6 Å². The molecule has 2 saturated heterocycles. The van der Waals surface area contributed by atoms with Crippen molar-refractivity contribution in [3.05, 3.63) is 63.9 Å². The van der Waals surface area contributed by atoms with Gasteiger partial charge >= 0.3 is 17.9 Å². The molecule has 22 nitrogen and oxygen atoms in total. The number of cyclic esters (lactones) is 1. The predicted octanol–water partition coefficient (Wildman–Crippen LogP) is 9.07. The Kier molecular flexibility index (Phi) is 31.3. The smallest absolute Gasteiger partial charge is 0.340 e. The number of rotatable bonds is 15. The molecule has 5 rings (SSSR count). The van der Waals surface area contributed by atoms with Crippen LogP contribution < -0.4 is 10.6 Å². The van der Waals surface area contributed by atoms with Gasteiger partial charge in [0.15, 0.2) is 5.78 Å². The SMILES string of the molecule is CO[C@@H]1C[C@H](C[C@@H](C)[C@@H]2CC(=O)[C@H](C)/C=C(\C)[C@@H](O)[C@@H](OC)C(=O)[C@H](C)C[C@H](C)/C=C/C=C/C=C(\C)[C@@H](O)C[C@@H]3CC[C@@H](C)[C@@](O)(O3)C(=O)C(=O)N3CCCC[C@H]3C(=O)O2)CC[C@H]1OC(=O)CCOCCOC(=O)c1c(I)c(NC(C)=O)c(I)c(NC(C)=O)c1I. The van der Waals surface area contributed by atoms with Crippen LogP contribution in [0.1, 0.15) is 156 Å². The van der Waals surface area contributed by atoms with E-state index in [4.69, 9.17) is 33.2 Å². The molecule has 91 heavy (non-hydrogen) atoms. The Bertz CT molecular complexity index is 2870. The average Bonchev–Trinajstić information content (AvgIpc) is 0.813. The van der Waals surface area contributed by atoms with E-state index in [1.165, 1.54) is 28.1 Å². The van der Waals surface area contributed by atoms with Crippen molar-refractivity contribution in [1.29, 1.82) is 0 Å². The van der Waals surface area contributed by atoms with Crippen LogP contribution >= 0.6 is 67.8 Å². The maximum atomic E-state index is 14.7. The van der Waals surface area contributed by atoms with E-state index in [9.17, 15) is 58.5 Å². The predicted molar refractivity (Wildman–Crippen MR) is 363 cm³/mol. The van der Waals surface area contributed by atoms with Crippen LogP contribution in [0.5, 0.6) is 0 Å². The fourth-order valence-corrected chi connectivity index (χ4v) is 16.3. The lowest BCUT2D eigenvalue weighted by atomic mass is 9.78. The van der Waals surface area contributed by atoms with Crippen molar-refractivity contribution < 1.29 is 91.6 Å². The summed E-state index contributed by atoms with van der Waals surface area (Å²) in [7, 11) is 2.87. The molecule has 15 atom stereocenters. The summed E-state index contributed by atoms with van der Waals surface area (Å²) in [4.78, 5) is 123. The number of esters is 3. The van der Waals surface area contributed by atoms with Gasteiger partial charge in [0.25, 0.3) is 11.7 Å². The van der Waals surface area contributed by atoms with Crippen molar-refractivity contribution in [2.75, 3.05) is 51.2 Å². The van der Waals surface area contributed by atoms with Crippen LogP contribution in [0.3, 0.4) is 0 Å². The zero-order chi connectivity index (χ0) is 67.6. The van der Waals surface area contributed by atoms with Crippen LogP contribution in [0.15, 0.2) is 47.6 Å². The van der Waals surface area contributed by atoms with Crippen LogP contribution in [0, 0.1) is 46.2 Å². The Labute approximate surface area is 575 Å². The van der Waals surface area contributed by atoms with Crippen LogP contribution in [0.2, 0.25) is 0 Å². The molecule has 1 aromatic carbocycles. The van der Waals surface area contributed by atoms with Crippen molar-refractivity contribution in [1.82, 2.24) is 4.90 Å². The van der Waals surface area contributed by atoms with Crippen LogP contribution in [-0.4, -0.2) is 168 Å². The Morgan fingerprint density at radius 3 is 2.10 bits per heavy atom. The lowest BCUT2D eigenvalue weighted by Gasteiger charge is -2.42. The molecule has 0 aromatic heterocycles. The molecule has 506 valence electrons. The summed E-state index contributed by atoms with van der Waals surface area (Å²) in [6, 6.07) is -1.24. The van der Waals surface area contributed by atoms with Crippen molar-refractivity contribution in [3.63, 3.8) is 0 Å². The number of nitrogens with zero attached hydrogens (tertiary/aromatic N) is 1. The third-order valence-electron chi connectivity index (χ3n) is 17.5. The zero-order valence-electron chi connectivity index (χ0n) is 54.0. The quantitative estimate of drug-likeness (QED) is 0.0273. The summed E-state index contributed by atoms with van der Waals surface area (Å²) in [6.07, 6.45) is 7.83. The molecule has 2 bridgehead atoms. The number of methoxy groups -OCH3 is 2. The number of anilines is 2. The Hall–Kier alpha value is -4.08. The Morgan fingerprint density at radius 2 is 1.46 bits per heavy atom. The number of fused-ring (bicyclic) bond motifs is 3. The first-order valence-corrected chi connectivity index (χ1v) is 34.5. The number of aliphatic hydroxyl groups excluding tert-OH is 2. The highest BCUT2D eigenvalue weighted by Crippen LogP contribution is 2.41. The van der Waals surface area contributed by atoms with Gasteiger partial charge < -0.3 is 64.0 Å². The molecule has 1 aliphatic carbocycles. The Balaban J connectivity index is 1.30. The number of benzene rings is 1. The average molecular weight is 1610 g/mol. The molecule has 4 aliphatic rings. The van der Waals surface area contributed by atoms with E-state index >= 15 is 0 Å². The minimum absolute atomic E-state index is 0.00795. The van der Waals surface area contributed by atoms with Gasteiger partial charge in [0.2, 0.25) is 17.6 Å². The van der Waals surface area contributed by atoms with E-state index < -0.39 is 108 Å². The maximum Gasteiger partial charge on any atom is 0.340 e. The molecular weight excluding hydrogens is 1520 g/mol. The first-order chi connectivity index (χ1) is 42.9. The largest absolute Gasteiger partial charge is 0.460 e. The highest BCUT2D eigenvalue weighted by molar-refractivity contribution is 14.1. The molecule has 0 spiro atoms. The van der Waals surface area contributed by atoms with Crippen molar-refractivity contribution in [3.8, 4) is 0 Å². The third-order valence-corrected chi connectivity index (χ3v) is 20.7. The first-order valence-electron chi connectivity index (χ1n) is 31.3. The topological polar surface area (TPSA) is 306 Å². The van der Waals surface area contributed by atoms with Crippen LogP contribution in [0.4, 0.5) is 11.4 Å². The molecule has 1 aromatic rings. The molecule has 25 heteroatoms. The first kappa shape index (κ1) is 77.6. The van der Waals surface area contributed by atoms with Gasteiger partial charge in [-0.25, -0.2) is 9.59 Å². The van der Waals surface area contributed by atoms with E-state index in [0.29, 0.717) is 91.0 Å². The number of hydrogen-bond acceptors (Lipinski definition) is 19. The second-order valence-corrected chi connectivity index (χ2v) is 28.0. The Morgan fingerprint density at radius 1 is 0.791 bits per heavy atom. The number of carbonyl (C=O) groups is 9. The summed E-state index contributed by atoms with van der Waals surface area (Å²) in [6.45, 7) is 14.6. The van der Waals surface area contributed by atoms with E-state index in [1.54, 1.807) is 58.9 Å². The van der Waals surface area contributed by atoms with Crippen molar-refractivity contribution in [2.24, 2.45) is 35.5 Å². The normalized spacial score (nSPS) is 31.9. The zero-order valence-corrected chi connectivity index (χ0v) is 60.5. The van der Waals surface area contributed by atoms with Crippen LogP contribution in [-0.2, 0) is 71.5 Å². The van der Waals surface area contributed by atoms with Crippen molar-refractivity contribution in [2.45, 2.75) is 200 Å². The lowest BCUT2D eigenvalue weighted by Crippen LogP contribution is -2.61. The number of aliphatic hydroxyl groups is 3. The van der Waals surface area contributed by atoms with E-state index in [1.807, 2.05) is 93.8 Å². The van der Waals surface area contributed by atoms with Gasteiger partial charge in [0, 0.05) is 65.2 Å². The summed E-state index contributed by atoms with van der Waals surface area (Å²) in [5, 5.41) is 40.2. The number of piperidine rings is 1. The number of hydrogen-bond donors (Lipinski definition) is 5. The minimum atomic E-state index is -2.54. The molecule has 3 fully saturated rings. The van der Waals surface area contributed by atoms with E-state index in [-0.39, 0.29) is 92.8 Å². The molecule has 3 heterocycles. The highest BCUT2D eigenvalue weighted by atomic mass is 127. The maximum absolute atomic E-state index is 14.7. The van der Waals surface area contributed by atoms with Crippen LogP contribution in [0.25, 0.3) is 0 Å². The number of Topliss-reactive ketones (excluding diaryl/α,β-unsaturated/α-hetero) is 3. The highest BCUT2D eigenvalue weighted by Gasteiger charge is 2.53. The number of carbonyl (C=O) groups excluding carboxylic acids is 9. The standard InChI is InChI=1S/C66H92I3N3O19/c1-35-17-13-12-14-18-36(2)47(75)33-45-22-20-41(7)66(84,91-45)62(80)63(81)72-25-16-15-19-46(72)64(82)90-50(34-48(76)37(3)30-40(6)60(79)61(86-11)59(78)39(5)29-35)38(4)31-44-21-23-49(51(32-44)85-10)89-52(77)24-26-87-27-28-88-65(83)53-54(67)57(70-42(8)73)56(69)58(55(53)68)71-43(9)74/h12-14,17-18,30,35,37-39,41,44-47,49-51,60-61,75,79,84H,15-16,19-29,31-34H2,1-11H3,(H,70,73)(H,71,74)/b14-12+,17-13+,36-18+,40-30+/t35-,37-,38-,39-,41-,44+,45+,46+,47+,49-,50+,51-,60-,61+,66-/m1/s1. The lowest BCUT2D eigenvalue weighted by molar-refractivity contribution is -0.265. The van der Waals surface area contributed by atoms with Gasteiger partial charge in [-0.15, -0.1) is 0 Å². The second kappa shape index (κ2) is 36.7. The molecule has 5 N–H and O–H groups in total. The number of ketones is 3.